The Balaban J connectivity index is 2.33. The van der Waals surface area contributed by atoms with Gasteiger partial charge in [-0.1, -0.05) is 26.0 Å². The SMILES string of the molecule is CCCOc1ccccc1C(=O)c1sccc1CC. The summed E-state index contributed by atoms with van der Waals surface area (Å²) in [4.78, 5) is 13.4. The van der Waals surface area contributed by atoms with Gasteiger partial charge in [0.05, 0.1) is 17.0 Å². The Hall–Kier alpha value is -1.61. The maximum absolute atomic E-state index is 12.6. The van der Waals surface area contributed by atoms with E-state index in [9.17, 15) is 4.79 Å². The monoisotopic (exact) mass is 274 g/mol. The first-order valence-corrected chi connectivity index (χ1v) is 7.48. The molecule has 100 valence electrons. The maximum Gasteiger partial charge on any atom is 0.206 e. The number of para-hydroxylation sites is 1. The molecular formula is C16H18O2S. The van der Waals surface area contributed by atoms with Gasteiger partial charge < -0.3 is 4.74 Å². The fraction of sp³-hybridized carbons (Fsp3) is 0.312. The van der Waals surface area contributed by atoms with Crippen LogP contribution in [0.4, 0.5) is 0 Å². The first kappa shape index (κ1) is 13.8. The highest BCUT2D eigenvalue weighted by Gasteiger charge is 2.18. The Morgan fingerprint density at radius 1 is 1.21 bits per heavy atom. The third-order valence-electron chi connectivity index (χ3n) is 2.93. The minimum absolute atomic E-state index is 0.0681. The average molecular weight is 274 g/mol. The van der Waals surface area contributed by atoms with Crippen molar-refractivity contribution in [2.45, 2.75) is 26.7 Å². The predicted octanol–water partition coefficient (Wildman–Crippen LogP) is 4.33. The van der Waals surface area contributed by atoms with E-state index in [4.69, 9.17) is 4.74 Å². The van der Waals surface area contributed by atoms with Crippen molar-refractivity contribution in [2.24, 2.45) is 0 Å². The topological polar surface area (TPSA) is 26.3 Å². The zero-order valence-corrected chi connectivity index (χ0v) is 12.1. The van der Waals surface area contributed by atoms with Crippen LogP contribution in [0.1, 0.15) is 41.1 Å². The van der Waals surface area contributed by atoms with E-state index in [0.717, 1.165) is 23.3 Å². The van der Waals surface area contributed by atoms with Crippen molar-refractivity contribution in [3.63, 3.8) is 0 Å². The zero-order valence-electron chi connectivity index (χ0n) is 11.3. The minimum Gasteiger partial charge on any atom is -0.493 e. The molecule has 0 atom stereocenters. The van der Waals surface area contributed by atoms with Crippen molar-refractivity contribution >= 4 is 17.1 Å². The second kappa shape index (κ2) is 6.53. The number of aryl methyl sites for hydroxylation is 1. The second-order valence-corrected chi connectivity index (χ2v) is 5.22. The van der Waals surface area contributed by atoms with Gasteiger partial charge in [-0.3, -0.25) is 4.79 Å². The summed E-state index contributed by atoms with van der Waals surface area (Å²) in [6.45, 7) is 4.76. The third-order valence-corrected chi connectivity index (χ3v) is 3.88. The van der Waals surface area contributed by atoms with E-state index in [-0.39, 0.29) is 5.78 Å². The number of ether oxygens (including phenoxy) is 1. The summed E-state index contributed by atoms with van der Waals surface area (Å²) in [5.41, 5.74) is 1.77. The van der Waals surface area contributed by atoms with Crippen LogP contribution in [-0.2, 0) is 6.42 Å². The largest absolute Gasteiger partial charge is 0.493 e. The second-order valence-electron chi connectivity index (χ2n) is 4.30. The lowest BCUT2D eigenvalue weighted by molar-refractivity contribution is 0.103. The van der Waals surface area contributed by atoms with Crippen LogP contribution in [0.25, 0.3) is 0 Å². The molecule has 2 nitrogen and oxygen atoms in total. The van der Waals surface area contributed by atoms with E-state index in [1.165, 1.54) is 11.3 Å². The van der Waals surface area contributed by atoms with Gasteiger partial charge in [-0.15, -0.1) is 11.3 Å². The molecule has 0 radical (unpaired) electrons. The van der Waals surface area contributed by atoms with Crippen LogP contribution < -0.4 is 4.74 Å². The standard InChI is InChI=1S/C16H18O2S/c1-3-10-18-14-8-6-5-7-13(14)15(17)16-12(4-2)9-11-19-16/h5-9,11H,3-4,10H2,1-2H3. The molecule has 0 bridgehead atoms. The number of benzene rings is 1. The van der Waals surface area contributed by atoms with Gasteiger partial charge >= 0.3 is 0 Å². The summed E-state index contributed by atoms with van der Waals surface area (Å²) < 4.78 is 5.66. The van der Waals surface area contributed by atoms with E-state index < -0.39 is 0 Å². The fourth-order valence-electron chi connectivity index (χ4n) is 1.93. The number of rotatable bonds is 6. The molecule has 0 fully saturated rings. The predicted molar refractivity (Wildman–Crippen MR) is 79.4 cm³/mol. The quantitative estimate of drug-likeness (QED) is 0.733. The smallest absolute Gasteiger partial charge is 0.206 e. The minimum atomic E-state index is 0.0681. The molecule has 19 heavy (non-hydrogen) atoms. The summed E-state index contributed by atoms with van der Waals surface area (Å²) in [6, 6.07) is 9.50. The van der Waals surface area contributed by atoms with Crippen LogP contribution in [0.5, 0.6) is 5.75 Å². The average Bonchev–Trinajstić information content (AvgIpc) is 2.93. The van der Waals surface area contributed by atoms with Gasteiger partial charge in [0.1, 0.15) is 5.75 Å². The lowest BCUT2D eigenvalue weighted by atomic mass is 10.0. The summed E-state index contributed by atoms with van der Waals surface area (Å²) in [5.74, 6) is 0.753. The molecule has 0 aliphatic rings. The Kier molecular flexibility index (Phi) is 4.74. The lowest BCUT2D eigenvalue weighted by Gasteiger charge is -2.09. The first-order valence-electron chi connectivity index (χ1n) is 6.60. The van der Waals surface area contributed by atoms with Crippen molar-refractivity contribution in [1.82, 2.24) is 0 Å². The summed E-state index contributed by atoms with van der Waals surface area (Å²) in [6.07, 6.45) is 1.81. The molecule has 2 aromatic rings. The number of ketones is 1. The van der Waals surface area contributed by atoms with Crippen LogP contribution in [0.2, 0.25) is 0 Å². The molecule has 1 aromatic carbocycles. The van der Waals surface area contributed by atoms with Gasteiger partial charge in [-0.25, -0.2) is 0 Å². The van der Waals surface area contributed by atoms with Gasteiger partial charge in [0.2, 0.25) is 5.78 Å². The van der Waals surface area contributed by atoms with Crippen LogP contribution in [0.3, 0.4) is 0 Å². The first-order chi connectivity index (χ1) is 9.27. The summed E-state index contributed by atoms with van der Waals surface area (Å²) >= 11 is 1.50. The molecule has 0 unspecified atom stereocenters. The van der Waals surface area contributed by atoms with Crippen molar-refractivity contribution in [1.29, 1.82) is 0 Å². The van der Waals surface area contributed by atoms with Crippen molar-refractivity contribution < 1.29 is 9.53 Å². The molecule has 1 heterocycles. The van der Waals surface area contributed by atoms with E-state index in [1.54, 1.807) is 0 Å². The molecule has 2 rings (SSSR count). The molecular weight excluding hydrogens is 256 g/mol. The lowest BCUT2D eigenvalue weighted by Crippen LogP contribution is -2.06. The van der Waals surface area contributed by atoms with Gasteiger partial charge in [-0.2, -0.15) is 0 Å². The maximum atomic E-state index is 12.6. The Morgan fingerprint density at radius 2 is 2.00 bits per heavy atom. The van der Waals surface area contributed by atoms with Gasteiger partial charge in [0.15, 0.2) is 0 Å². The van der Waals surface area contributed by atoms with Crippen LogP contribution >= 0.6 is 11.3 Å². The number of carbonyl (C=O) groups excluding carboxylic acids is 1. The van der Waals surface area contributed by atoms with Crippen LogP contribution in [-0.4, -0.2) is 12.4 Å². The van der Waals surface area contributed by atoms with E-state index in [0.29, 0.717) is 17.9 Å². The number of carbonyl (C=O) groups is 1. The van der Waals surface area contributed by atoms with Crippen molar-refractivity contribution in [2.75, 3.05) is 6.61 Å². The molecule has 0 spiro atoms. The van der Waals surface area contributed by atoms with E-state index in [1.807, 2.05) is 35.7 Å². The van der Waals surface area contributed by atoms with Crippen molar-refractivity contribution in [3.8, 4) is 5.75 Å². The Morgan fingerprint density at radius 3 is 2.74 bits per heavy atom. The Labute approximate surface area is 118 Å². The molecule has 0 aliphatic heterocycles. The van der Waals surface area contributed by atoms with E-state index >= 15 is 0 Å². The molecule has 3 heteroatoms. The summed E-state index contributed by atoms with van der Waals surface area (Å²) in [5, 5.41) is 1.97. The molecule has 0 amide bonds. The fourth-order valence-corrected chi connectivity index (χ4v) is 2.88. The number of hydrogen-bond acceptors (Lipinski definition) is 3. The van der Waals surface area contributed by atoms with Gasteiger partial charge in [0.25, 0.3) is 0 Å². The zero-order chi connectivity index (χ0) is 13.7. The molecule has 0 N–H and O–H groups in total. The molecule has 0 saturated carbocycles. The number of thiophene rings is 1. The molecule has 0 aliphatic carbocycles. The molecule has 0 saturated heterocycles. The Bertz CT molecular complexity index is 557. The van der Waals surface area contributed by atoms with Crippen LogP contribution in [0, 0.1) is 0 Å². The third kappa shape index (κ3) is 3.04. The van der Waals surface area contributed by atoms with Crippen LogP contribution in [0.15, 0.2) is 35.7 Å². The summed E-state index contributed by atoms with van der Waals surface area (Å²) in [7, 11) is 0. The van der Waals surface area contributed by atoms with E-state index in [2.05, 4.69) is 13.8 Å². The normalized spacial score (nSPS) is 10.4. The highest BCUT2D eigenvalue weighted by Crippen LogP contribution is 2.26. The molecule has 1 aromatic heterocycles. The highest BCUT2D eigenvalue weighted by molar-refractivity contribution is 7.12. The highest BCUT2D eigenvalue weighted by atomic mass is 32.1. The van der Waals surface area contributed by atoms with Gasteiger partial charge in [-0.05, 0) is 42.0 Å². The van der Waals surface area contributed by atoms with Crippen molar-refractivity contribution in [3.05, 3.63) is 51.7 Å². The van der Waals surface area contributed by atoms with Gasteiger partial charge in [0, 0.05) is 0 Å². The number of hydrogen-bond donors (Lipinski definition) is 0.